The molecule has 35 heavy (non-hydrogen) atoms. The number of urea groups is 1. The first-order chi connectivity index (χ1) is 16.2. The van der Waals surface area contributed by atoms with E-state index >= 15 is 0 Å². The predicted octanol–water partition coefficient (Wildman–Crippen LogP) is 6.83. The standard InChI is InChI=1S/C28H39ClN2O3S/c1-7-26(4)14-11-21-20(17-26)9-10-24-27(21,5)12-8-13-28(24,6)30-25(32)31-35(33,34)23-16-18(2)22(29)15-19(23)3/h7,9,15-16,21,24H,1,8,10-14,17H2,2-6H3,(H2,30,31,32)/t21-,24+,26-,27+,28+/m0/s1. The third-order valence-corrected chi connectivity index (χ3v) is 11.2. The normalized spacial score (nSPS) is 34.7. The number of allylic oxidation sites excluding steroid dienone is 3. The molecule has 0 aliphatic heterocycles. The maximum atomic E-state index is 13.1. The minimum atomic E-state index is -4.03. The quantitative estimate of drug-likeness (QED) is 0.429. The van der Waals surface area contributed by atoms with Crippen molar-refractivity contribution in [3.8, 4) is 0 Å². The molecule has 0 radical (unpaired) electrons. The fourth-order valence-electron chi connectivity index (χ4n) is 7.26. The summed E-state index contributed by atoms with van der Waals surface area (Å²) in [5.41, 5.74) is 2.45. The van der Waals surface area contributed by atoms with Crippen molar-refractivity contribution in [2.75, 3.05) is 0 Å². The largest absolute Gasteiger partial charge is 0.332 e. The predicted molar refractivity (Wildman–Crippen MR) is 142 cm³/mol. The van der Waals surface area contributed by atoms with Gasteiger partial charge in [-0.3, -0.25) is 0 Å². The van der Waals surface area contributed by atoms with Gasteiger partial charge >= 0.3 is 6.03 Å². The average Bonchev–Trinajstić information content (AvgIpc) is 2.75. The molecule has 2 fully saturated rings. The Balaban J connectivity index is 1.55. The summed E-state index contributed by atoms with van der Waals surface area (Å²) in [6, 6.07) is 2.46. The molecule has 0 saturated heterocycles. The van der Waals surface area contributed by atoms with Crippen molar-refractivity contribution in [1.29, 1.82) is 0 Å². The van der Waals surface area contributed by atoms with E-state index < -0.39 is 21.6 Å². The van der Waals surface area contributed by atoms with Gasteiger partial charge in [0.15, 0.2) is 0 Å². The summed E-state index contributed by atoms with van der Waals surface area (Å²) >= 11 is 6.14. The number of fused-ring (bicyclic) bond motifs is 3. The van der Waals surface area contributed by atoms with E-state index in [1.165, 1.54) is 6.07 Å². The molecular weight excluding hydrogens is 480 g/mol. The van der Waals surface area contributed by atoms with Crippen LogP contribution in [0.4, 0.5) is 4.79 Å². The second kappa shape index (κ2) is 8.95. The number of rotatable bonds is 4. The Morgan fingerprint density at radius 1 is 1.14 bits per heavy atom. The number of halogens is 1. The highest BCUT2D eigenvalue weighted by Gasteiger charge is 2.56. The lowest BCUT2D eigenvalue weighted by Crippen LogP contribution is -2.63. The number of carbonyl (C=O) groups is 1. The molecule has 5 nitrogen and oxygen atoms in total. The van der Waals surface area contributed by atoms with E-state index in [1.54, 1.807) is 25.5 Å². The van der Waals surface area contributed by atoms with Gasteiger partial charge in [-0.25, -0.2) is 17.9 Å². The van der Waals surface area contributed by atoms with Crippen LogP contribution < -0.4 is 10.0 Å². The van der Waals surface area contributed by atoms with E-state index in [0.29, 0.717) is 22.1 Å². The molecule has 0 unspecified atom stereocenters. The third-order valence-electron chi connectivity index (χ3n) is 9.31. The second-order valence-corrected chi connectivity index (χ2v) is 14.0. The second-order valence-electron chi connectivity index (χ2n) is 11.9. The smallest absolute Gasteiger partial charge is 0.329 e. The van der Waals surface area contributed by atoms with Crippen molar-refractivity contribution >= 4 is 27.7 Å². The lowest BCUT2D eigenvalue weighted by atomic mass is 9.47. The Bertz CT molecular complexity index is 1190. The minimum absolute atomic E-state index is 0.0749. The molecule has 7 heteroatoms. The highest BCUT2D eigenvalue weighted by molar-refractivity contribution is 7.90. The van der Waals surface area contributed by atoms with Gasteiger partial charge in [-0.1, -0.05) is 49.6 Å². The van der Waals surface area contributed by atoms with Crippen LogP contribution in [0.3, 0.4) is 0 Å². The van der Waals surface area contributed by atoms with Crippen LogP contribution in [0, 0.1) is 36.5 Å². The van der Waals surface area contributed by atoms with E-state index in [1.807, 2.05) is 0 Å². The van der Waals surface area contributed by atoms with Crippen LogP contribution in [-0.4, -0.2) is 20.0 Å². The summed E-state index contributed by atoms with van der Waals surface area (Å²) in [5, 5.41) is 3.61. The maximum absolute atomic E-state index is 13.1. The number of carbonyl (C=O) groups excluding carboxylic acids is 1. The van der Waals surface area contributed by atoms with Crippen molar-refractivity contribution in [3.63, 3.8) is 0 Å². The molecule has 0 aromatic heterocycles. The van der Waals surface area contributed by atoms with Crippen LogP contribution in [0.25, 0.3) is 0 Å². The lowest BCUT2D eigenvalue weighted by Gasteiger charge is -2.59. The van der Waals surface area contributed by atoms with Crippen molar-refractivity contribution in [1.82, 2.24) is 10.0 Å². The van der Waals surface area contributed by atoms with E-state index in [4.69, 9.17) is 11.6 Å². The fourth-order valence-corrected chi connectivity index (χ4v) is 8.70. The van der Waals surface area contributed by atoms with Crippen LogP contribution in [0.1, 0.15) is 76.8 Å². The first-order valence-electron chi connectivity index (χ1n) is 12.7. The third kappa shape index (κ3) is 4.69. The number of amides is 2. The van der Waals surface area contributed by atoms with Gasteiger partial charge in [-0.05, 0) is 105 Å². The first-order valence-corrected chi connectivity index (χ1v) is 14.5. The van der Waals surface area contributed by atoms with Gasteiger partial charge in [-0.15, -0.1) is 6.58 Å². The van der Waals surface area contributed by atoms with Gasteiger partial charge in [0.05, 0.1) is 4.90 Å². The van der Waals surface area contributed by atoms with Gasteiger partial charge in [0.1, 0.15) is 0 Å². The number of aryl methyl sites for hydroxylation is 2. The summed E-state index contributed by atoms with van der Waals surface area (Å²) < 4.78 is 28.4. The zero-order valence-corrected chi connectivity index (χ0v) is 23.2. The number of hydrogen-bond acceptors (Lipinski definition) is 3. The highest BCUT2D eigenvalue weighted by atomic mass is 35.5. The van der Waals surface area contributed by atoms with Crippen LogP contribution in [0.15, 0.2) is 41.3 Å². The Labute approximate surface area is 215 Å². The fraction of sp³-hybridized carbons (Fsp3) is 0.607. The van der Waals surface area contributed by atoms with Crippen LogP contribution in [0.2, 0.25) is 5.02 Å². The van der Waals surface area contributed by atoms with Crippen molar-refractivity contribution in [2.45, 2.75) is 90.0 Å². The Morgan fingerprint density at radius 2 is 1.86 bits per heavy atom. The van der Waals surface area contributed by atoms with Crippen molar-refractivity contribution in [2.24, 2.45) is 22.7 Å². The number of sulfonamides is 1. The van der Waals surface area contributed by atoms with E-state index in [0.717, 1.165) is 44.9 Å². The zero-order chi connectivity index (χ0) is 25.8. The van der Waals surface area contributed by atoms with Gasteiger partial charge < -0.3 is 5.32 Å². The summed E-state index contributed by atoms with van der Waals surface area (Å²) in [5.74, 6) is 0.751. The van der Waals surface area contributed by atoms with Gasteiger partial charge in [-0.2, -0.15) is 0 Å². The molecule has 0 spiro atoms. The molecule has 2 N–H and O–H groups in total. The Morgan fingerprint density at radius 3 is 2.54 bits per heavy atom. The highest BCUT2D eigenvalue weighted by Crippen LogP contribution is 2.61. The maximum Gasteiger partial charge on any atom is 0.329 e. The van der Waals surface area contributed by atoms with Gasteiger partial charge in [0.25, 0.3) is 10.0 Å². The molecule has 1 aromatic rings. The molecule has 3 aliphatic rings. The lowest BCUT2D eigenvalue weighted by molar-refractivity contribution is -0.0271. The van der Waals surface area contributed by atoms with Crippen LogP contribution in [0.5, 0.6) is 0 Å². The van der Waals surface area contributed by atoms with Crippen LogP contribution >= 0.6 is 11.6 Å². The molecule has 4 rings (SSSR count). The molecule has 2 saturated carbocycles. The van der Waals surface area contributed by atoms with Gasteiger partial charge in [0.2, 0.25) is 0 Å². The molecule has 3 aliphatic carbocycles. The van der Waals surface area contributed by atoms with Crippen LogP contribution in [-0.2, 0) is 10.0 Å². The first kappa shape index (κ1) is 26.3. The molecule has 1 aromatic carbocycles. The summed E-state index contributed by atoms with van der Waals surface area (Å²) in [6.45, 7) is 14.3. The number of benzene rings is 1. The van der Waals surface area contributed by atoms with E-state index in [2.05, 4.69) is 49.5 Å². The van der Waals surface area contributed by atoms with Crippen molar-refractivity contribution < 1.29 is 13.2 Å². The molecule has 0 heterocycles. The molecule has 192 valence electrons. The topological polar surface area (TPSA) is 75.3 Å². The molecule has 0 bridgehead atoms. The SMILES string of the molecule is C=C[C@@]1(C)CC[C@H]2C(=CC[C@@H]3[C@]2(C)CCC[C@@]3(C)NC(=O)NS(=O)(=O)c2cc(C)c(Cl)cc2C)C1. The Hall–Kier alpha value is -1.79. The minimum Gasteiger partial charge on any atom is -0.332 e. The Kier molecular flexibility index (Phi) is 6.72. The summed E-state index contributed by atoms with van der Waals surface area (Å²) in [6.07, 6.45) is 11.7. The summed E-state index contributed by atoms with van der Waals surface area (Å²) in [4.78, 5) is 13.2. The van der Waals surface area contributed by atoms with E-state index in [9.17, 15) is 13.2 Å². The zero-order valence-electron chi connectivity index (χ0n) is 21.6. The van der Waals surface area contributed by atoms with Crippen molar-refractivity contribution in [3.05, 3.63) is 52.6 Å². The monoisotopic (exact) mass is 518 g/mol. The molecule has 2 amide bonds. The molecule has 5 atom stereocenters. The average molecular weight is 519 g/mol. The molecular formula is C28H39ClN2O3S. The summed E-state index contributed by atoms with van der Waals surface area (Å²) in [7, 11) is -4.03. The van der Waals surface area contributed by atoms with Gasteiger partial charge in [0, 0.05) is 10.6 Å². The number of hydrogen-bond donors (Lipinski definition) is 2. The van der Waals surface area contributed by atoms with E-state index in [-0.39, 0.29) is 21.6 Å². The number of nitrogens with one attached hydrogen (secondary N) is 2.